The average molecular weight is 777 g/mol. The first-order valence-corrected chi connectivity index (χ1v) is 20.2. The second-order valence-electron chi connectivity index (χ2n) is 11.5. The maximum atomic E-state index is 5.69. The summed E-state index contributed by atoms with van der Waals surface area (Å²) in [6.07, 6.45) is 22.3. The predicted molar refractivity (Wildman–Crippen MR) is 196 cm³/mol. The monoisotopic (exact) mass is 776 g/mol. The Labute approximate surface area is 297 Å². The van der Waals surface area contributed by atoms with Crippen LogP contribution >= 0.6 is 22.6 Å². The minimum Gasteiger partial charge on any atom is -0.379 e. The minimum absolute atomic E-state index is 0.542. The van der Waals surface area contributed by atoms with E-state index in [9.17, 15) is 0 Å². The molecule has 0 aromatic rings. The zero-order valence-corrected chi connectivity index (χ0v) is 32.0. The first-order chi connectivity index (χ1) is 22.9. The summed E-state index contributed by atoms with van der Waals surface area (Å²) >= 11 is 2.29. The van der Waals surface area contributed by atoms with Crippen LogP contribution in [0.15, 0.2) is 0 Å². The highest BCUT2D eigenvalue weighted by atomic mass is 127. The fraction of sp³-hybridized carbons (Fsp3) is 1.00. The second-order valence-corrected chi connectivity index (χ2v) is 12.6. The van der Waals surface area contributed by atoms with E-state index in [1.165, 1.54) is 96.3 Å². The lowest BCUT2D eigenvalue weighted by atomic mass is 10.0. The second kappa shape index (κ2) is 45.4. The Morgan fingerprint density at radius 1 is 0.239 bits per heavy atom. The molecule has 9 nitrogen and oxygen atoms in total. The van der Waals surface area contributed by atoms with E-state index in [0.29, 0.717) is 106 Å². The SMILES string of the molecule is CCCCCCCCCCCCCCCCCCOCCOCCOCCOCCOCCOCCOCCOCCOCCI. The molecule has 0 N–H and O–H groups in total. The van der Waals surface area contributed by atoms with Gasteiger partial charge < -0.3 is 42.6 Å². The van der Waals surface area contributed by atoms with Gasteiger partial charge in [0.05, 0.1) is 112 Å². The number of hydrogen-bond donors (Lipinski definition) is 0. The van der Waals surface area contributed by atoms with Gasteiger partial charge in [-0.15, -0.1) is 0 Å². The molecule has 0 spiro atoms. The van der Waals surface area contributed by atoms with Gasteiger partial charge in [-0.05, 0) is 6.42 Å². The third kappa shape index (κ3) is 44.4. The molecule has 0 saturated carbocycles. The highest BCUT2D eigenvalue weighted by molar-refractivity contribution is 14.1. The molecule has 0 saturated heterocycles. The molecule has 0 aliphatic rings. The van der Waals surface area contributed by atoms with Crippen molar-refractivity contribution in [3.8, 4) is 0 Å². The first kappa shape index (κ1) is 46.4. The highest BCUT2D eigenvalue weighted by Gasteiger charge is 1.97. The molecule has 10 heteroatoms. The van der Waals surface area contributed by atoms with Gasteiger partial charge in [0.15, 0.2) is 0 Å². The Balaban J connectivity index is 3.03. The van der Waals surface area contributed by atoms with E-state index in [-0.39, 0.29) is 0 Å². The number of hydrogen-bond acceptors (Lipinski definition) is 9. The van der Waals surface area contributed by atoms with Gasteiger partial charge in [0.25, 0.3) is 0 Å². The smallest absolute Gasteiger partial charge is 0.0701 e. The van der Waals surface area contributed by atoms with Crippen LogP contribution in [-0.4, -0.2) is 123 Å². The Morgan fingerprint density at radius 3 is 0.674 bits per heavy atom. The molecule has 0 aromatic heterocycles. The number of alkyl halides is 1. The summed E-state index contributed by atoms with van der Waals surface area (Å²) in [5, 5.41) is 0. The largest absolute Gasteiger partial charge is 0.379 e. The van der Waals surface area contributed by atoms with Gasteiger partial charge in [0, 0.05) is 11.0 Å². The van der Waals surface area contributed by atoms with Crippen LogP contribution in [0.3, 0.4) is 0 Å². The molecule has 0 aliphatic carbocycles. The van der Waals surface area contributed by atoms with Gasteiger partial charge >= 0.3 is 0 Å². The molecular formula is C36H73IO9. The highest BCUT2D eigenvalue weighted by Crippen LogP contribution is 2.13. The van der Waals surface area contributed by atoms with Crippen LogP contribution in [0.4, 0.5) is 0 Å². The van der Waals surface area contributed by atoms with Gasteiger partial charge in [-0.3, -0.25) is 0 Å². The minimum atomic E-state index is 0.542. The summed E-state index contributed by atoms with van der Waals surface area (Å²) in [6, 6.07) is 0. The summed E-state index contributed by atoms with van der Waals surface area (Å²) in [4.78, 5) is 0. The topological polar surface area (TPSA) is 83.1 Å². The van der Waals surface area contributed by atoms with Crippen molar-refractivity contribution >= 4 is 22.6 Å². The van der Waals surface area contributed by atoms with Crippen molar-refractivity contribution in [1.29, 1.82) is 0 Å². The Kier molecular flexibility index (Phi) is 45.7. The Bertz CT molecular complexity index is 476. The summed E-state index contributed by atoms with van der Waals surface area (Å²) in [7, 11) is 0. The van der Waals surface area contributed by atoms with E-state index in [2.05, 4.69) is 29.5 Å². The van der Waals surface area contributed by atoms with Crippen LogP contribution < -0.4 is 0 Å². The number of ether oxygens (including phenoxy) is 9. The molecule has 46 heavy (non-hydrogen) atoms. The lowest BCUT2D eigenvalue weighted by Gasteiger charge is -2.09. The van der Waals surface area contributed by atoms with E-state index in [0.717, 1.165) is 24.1 Å². The molecule has 0 unspecified atom stereocenters. The Hall–Kier alpha value is 0.370. The number of unbranched alkanes of at least 4 members (excludes halogenated alkanes) is 15. The number of rotatable bonds is 43. The van der Waals surface area contributed by atoms with Crippen molar-refractivity contribution in [2.75, 3.05) is 123 Å². The van der Waals surface area contributed by atoms with E-state index in [1.54, 1.807) is 0 Å². The molecule has 0 aromatic carbocycles. The normalized spacial score (nSPS) is 11.6. The van der Waals surface area contributed by atoms with Crippen LogP contribution in [0.25, 0.3) is 0 Å². The Morgan fingerprint density at radius 2 is 0.435 bits per heavy atom. The van der Waals surface area contributed by atoms with E-state index in [1.807, 2.05) is 0 Å². The zero-order chi connectivity index (χ0) is 33.1. The van der Waals surface area contributed by atoms with E-state index >= 15 is 0 Å². The molecular weight excluding hydrogens is 703 g/mol. The molecule has 0 bridgehead atoms. The molecule has 0 amide bonds. The third-order valence-corrected chi connectivity index (χ3v) is 7.78. The van der Waals surface area contributed by atoms with Crippen LogP contribution in [0, 0.1) is 0 Å². The quantitative estimate of drug-likeness (QED) is 0.0350. The predicted octanol–water partition coefficient (Wildman–Crippen LogP) is 7.83. The molecule has 0 atom stereocenters. The van der Waals surface area contributed by atoms with Gasteiger partial charge in [0.1, 0.15) is 0 Å². The van der Waals surface area contributed by atoms with Crippen molar-refractivity contribution in [2.24, 2.45) is 0 Å². The summed E-state index contributed by atoms with van der Waals surface area (Å²) < 4.78 is 50.5. The lowest BCUT2D eigenvalue weighted by Crippen LogP contribution is -2.15. The molecule has 0 heterocycles. The van der Waals surface area contributed by atoms with Crippen LogP contribution in [0.1, 0.15) is 110 Å². The maximum Gasteiger partial charge on any atom is 0.0701 e. The number of halogens is 1. The van der Waals surface area contributed by atoms with Crippen molar-refractivity contribution in [3.05, 3.63) is 0 Å². The molecule has 0 radical (unpaired) electrons. The summed E-state index contributed by atoms with van der Waals surface area (Å²) in [5.74, 6) is 0. The maximum absolute atomic E-state index is 5.69. The summed E-state index contributed by atoms with van der Waals surface area (Å²) in [5.41, 5.74) is 0. The van der Waals surface area contributed by atoms with Gasteiger partial charge in [0.2, 0.25) is 0 Å². The average Bonchev–Trinajstić information content (AvgIpc) is 3.07. The van der Waals surface area contributed by atoms with Crippen molar-refractivity contribution in [3.63, 3.8) is 0 Å². The first-order valence-electron chi connectivity index (χ1n) is 18.7. The third-order valence-electron chi connectivity index (χ3n) is 7.34. The molecule has 278 valence electrons. The fourth-order valence-corrected chi connectivity index (χ4v) is 4.98. The summed E-state index contributed by atoms with van der Waals surface area (Å²) in [6.45, 7) is 13.1. The van der Waals surface area contributed by atoms with Crippen LogP contribution in [0.5, 0.6) is 0 Å². The van der Waals surface area contributed by atoms with Crippen molar-refractivity contribution in [2.45, 2.75) is 110 Å². The molecule has 0 fully saturated rings. The van der Waals surface area contributed by atoms with Gasteiger partial charge in [-0.1, -0.05) is 126 Å². The van der Waals surface area contributed by atoms with E-state index in [4.69, 9.17) is 42.6 Å². The van der Waals surface area contributed by atoms with E-state index < -0.39 is 0 Å². The zero-order valence-electron chi connectivity index (χ0n) is 29.8. The van der Waals surface area contributed by atoms with Gasteiger partial charge in [-0.2, -0.15) is 0 Å². The standard InChI is InChI=1S/C36H73IO9/c1-2-3-4-5-6-7-8-9-10-11-12-13-14-15-16-17-19-38-21-23-40-25-27-42-29-31-44-33-35-46-36-34-45-32-30-43-28-26-41-24-22-39-20-18-37/h2-36H2,1H3. The van der Waals surface area contributed by atoms with Gasteiger partial charge in [-0.25, -0.2) is 0 Å². The molecule has 0 rings (SSSR count). The lowest BCUT2D eigenvalue weighted by molar-refractivity contribution is -0.0248. The van der Waals surface area contributed by atoms with Crippen LogP contribution in [0.2, 0.25) is 0 Å². The van der Waals surface area contributed by atoms with Crippen molar-refractivity contribution < 1.29 is 42.6 Å². The fourth-order valence-electron chi connectivity index (χ4n) is 4.67. The molecule has 0 aliphatic heterocycles. The van der Waals surface area contributed by atoms with Crippen LogP contribution in [-0.2, 0) is 42.6 Å². The van der Waals surface area contributed by atoms with Crippen molar-refractivity contribution in [1.82, 2.24) is 0 Å².